The first-order valence-corrected chi connectivity index (χ1v) is 10.6. The highest BCUT2D eigenvalue weighted by Crippen LogP contribution is 2.35. The van der Waals surface area contributed by atoms with Crippen molar-refractivity contribution in [3.05, 3.63) is 48.0 Å². The summed E-state index contributed by atoms with van der Waals surface area (Å²) in [5.74, 6) is 2.05. The van der Waals surface area contributed by atoms with Gasteiger partial charge in [-0.2, -0.15) is 4.31 Å². The molecule has 0 radical (unpaired) electrons. The SMILES string of the molecule is Cc1ccc(OCC2CCCN(S(=O)(=O)c3ccc4c(c3)OCO4)C2)cc1. The summed E-state index contributed by atoms with van der Waals surface area (Å²) in [5.41, 5.74) is 1.18. The van der Waals surface area contributed by atoms with Gasteiger partial charge in [-0.15, -0.1) is 0 Å². The van der Waals surface area contributed by atoms with E-state index < -0.39 is 10.0 Å². The first kappa shape index (κ1) is 18.1. The van der Waals surface area contributed by atoms with Crippen LogP contribution in [0.4, 0.5) is 0 Å². The number of sulfonamides is 1. The molecule has 0 N–H and O–H groups in total. The quantitative estimate of drug-likeness (QED) is 0.786. The van der Waals surface area contributed by atoms with Gasteiger partial charge < -0.3 is 14.2 Å². The first-order valence-electron chi connectivity index (χ1n) is 9.12. The van der Waals surface area contributed by atoms with E-state index in [0.717, 1.165) is 18.6 Å². The number of aryl methyl sites for hydroxylation is 1. The van der Waals surface area contributed by atoms with Gasteiger partial charge in [-0.3, -0.25) is 0 Å². The Kier molecular flexibility index (Phi) is 4.97. The molecule has 2 aliphatic rings. The number of hydrogen-bond donors (Lipinski definition) is 0. The van der Waals surface area contributed by atoms with Crippen molar-refractivity contribution >= 4 is 10.0 Å². The monoisotopic (exact) mass is 389 g/mol. The fourth-order valence-electron chi connectivity index (χ4n) is 3.42. The van der Waals surface area contributed by atoms with E-state index in [-0.39, 0.29) is 17.6 Å². The molecule has 1 unspecified atom stereocenters. The molecule has 6 nitrogen and oxygen atoms in total. The third-order valence-electron chi connectivity index (χ3n) is 4.97. The molecule has 0 aliphatic carbocycles. The Morgan fingerprint density at radius 3 is 2.70 bits per heavy atom. The maximum atomic E-state index is 13.0. The molecule has 1 atom stereocenters. The summed E-state index contributed by atoms with van der Waals surface area (Å²) in [5, 5.41) is 0. The summed E-state index contributed by atoms with van der Waals surface area (Å²) in [6.45, 7) is 3.65. The van der Waals surface area contributed by atoms with Gasteiger partial charge in [0.2, 0.25) is 16.8 Å². The van der Waals surface area contributed by atoms with Gasteiger partial charge in [0, 0.05) is 25.1 Å². The summed E-state index contributed by atoms with van der Waals surface area (Å²) < 4.78 is 44.1. The van der Waals surface area contributed by atoms with Gasteiger partial charge in [-0.05, 0) is 44.0 Å². The van der Waals surface area contributed by atoms with E-state index in [2.05, 4.69) is 0 Å². The van der Waals surface area contributed by atoms with Gasteiger partial charge >= 0.3 is 0 Å². The van der Waals surface area contributed by atoms with Crippen molar-refractivity contribution in [1.82, 2.24) is 4.31 Å². The average Bonchev–Trinajstić information content (AvgIpc) is 3.16. The maximum absolute atomic E-state index is 13.0. The van der Waals surface area contributed by atoms with Crippen molar-refractivity contribution in [2.45, 2.75) is 24.7 Å². The van der Waals surface area contributed by atoms with Crippen LogP contribution in [0, 0.1) is 12.8 Å². The van der Waals surface area contributed by atoms with Crippen LogP contribution >= 0.6 is 0 Å². The summed E-state index contributed by atoms with van der Waals surface area (Å²) >= 11 is 0. The van der Waals surface area contributed by atoms with Crippen LogP contribution in [0.5, 0.6) is 17.2 Å². The van der Waals surface area contributed by atoms with Crippen LogP contribution in [0.1, 0.15) is 18.4 Å². The molecule has 2 aromatic rings. The third kappa shape index (κ3) is 3.89. The first-order chi connectivity index (χ1) is 13.0. The molecule has 1 fully saturated rings. The van der Waals surface area contributed by atoms with Crippen molar-refractivity contribution in [1.29, 1.82) is 0 Å². The molecule has 2 aliphatic heterocycles. The predicted octanol–water partition coefficient (Wildman–Crippen LogP) is 3.20. The second-order valence-corrected chi connectivity index (χ2v) is 8.95. The fourth-order valence-corrected chi connectivity index (χ4v) is 4.99. The molecule has 4 rings (SSSR count). The third-order valence-corrected chi connectivity index (χ3v) is 6.83. The average molecular weight is 389 g/mol. The van der Waals surface area contributed by atoms with E-state index in [4.69, 9.17) is 14.2 Å². The number of ether oxygens (including phenoxy) is 3. The van der Waals surface area contributed by atoms with Crippen LogP contribution in [-0.2, 0) is 10.0 Å². The van der Waals surface area contributed by atoms with Gasteiger partial charge in [0.15, 0.2) is 11.5 Å². The summed E-state index contributed by atoms with van der Waals surface area (Å²) in [6.07, 6.45) is 1.78. The molecule has 0 bridgehead atoms. The minimum absolute atomic E-state index is 0.126. The maximum Gasteiger partial charge on any atom is 0.243 e. The second-order valence-electron chi connectivity index (χ2n) is 7.01. The van der Waals surface area contributed by atoms with E-state index in [1.807, 2.05) is 31.2 Å². The standard InChI is InChI=1S/C20H23NO5S/c1-15-4-6-17(7-5-15)24-13-16-3-2-10-21(12-16)27(22,23)18-8-9-19-20(11-18)26-14-25-19/h4-9,11,16H,2-3,10,12-14H2,1H3. The predicted molar refractivity (Wildman–Crippen MR) is 101 cm³/mol. The van der Waals surface area contributed by atoms with Crippen LogP contribution in [-0.4, -0.2) is 39.2 Å². The molecule has 1 saturated heterocycles. The largest absolute Gasteiger partial charge is 0.493 e. The van der Waals surface area contributed by atoms with Gasteiger partial charge in [0.05, 0.1) is 11.5 Å². The molecule has 2 heterocycles. The van der Waals surface area contributed by atoms with Gasteiger partial charge in [0.1, 0.15) is 5.75 Å². The lowest BCUT2D eigenvalue weighted by Gasteiger charge is -2.31. The zero-order valence-corrected chi connectivity index (χ0v) is 16.1. The molecular weight excluding hydrogens is 366 g/mol. The topological polar surface area (TPSA) is 65.1 Å². The minimum atomic E-state index is -3.56. The molecule has 0 amide bonds. The van der Waals surface area contributed by atoms with E-state index in [0.29, 0.717) is 31.2 Å². The number of hydrogen-bond acceptors (Lipinski definition) is 5. The normalized spacial score (nSPS) is 19.8. The van der Waals surface area contributed by atoms with Gasteiger partial charge in [-0.25, -0.2) is 8.42 Å². The molecule has 0 spiro atoms. The Labute approximate surface area is 159 Å². The molecular formula is C20H23NO5S. The number of benzene rings is 2. The Balaban J connectivity index is 1.43. The van der Waals surface area contributed by atoms with Crippen LogP contribution in [0.2, 0.25) is 0 Å². The van der Waals surface area contributed by atoms with E-state index >= 15 is 0 Å². The lowest BCUT2D eigenvalue weighted by Crippen LogP contribution is -2.41. The van der Waals surface area contributed by atoms with Crippen molar-refractivity contribution in [2.24, 2.45) is 5.92 Å². The Hall–Kier alpha value is -2.25. The number of fused-ring (bicyclic) bond motifs is 1. The van der Waals surface area contributed by atoms with Crippen LogP contribution in [0.15, 0.2) is 47.4 Å². The summed E-state index contributed by atoms with van der Waals surface area (Å²) in [7, 11) is -3.56. The van der Waals surface area contributed by atoms with Crippen molar-refractivity contribution in [2.75, 3.05) is 26.5 Å². The highest BCUT2D eigenvalue weighted by Gasteiger charge is 2.31. The van der Waals surface area contributed by atoms with Crippen LogP contribution in [0.3, 0.4) is 0 Å². The van der Waals surface area contributed by atoms with Crippen molar-refractivity contribution in [3.63, 3.8) is 0 Å². The van der Waals surface area contributed by atoms with Crippen LogP contribution in [0.25, 0.3) is 0 Å². The Bertz CT molecular complexity index is 910. The highest BCUT2D eigenvalue weighted by molar-refractivity contribution is 7.89. The molecule has 2 aromatic carbocycles. The summed E-state index contributed by atoms with van der Waals surface area (Å²) in [4.78, 5) is 0.242. The number of rotatable bonds is 5. The number of piperidine rings is 1. The molecule has 27 heavy (non-hydrogen) atoms. The van der Waals surface area contributed by atoms with Gasteiger partial charge in [0.25, 0.3) is 0 Å². The molecule has 144 valence electrons. The summed E-state index contributed by atoms with van der Waals surface area (Å²) in [6, 6.07) is 12.7. The van der Waals surface area contributed by atoms with Gasteiger partial charge in [-0.1, -0.05) is 17.7 Å². The smallest absolute Gasteiger partial charge is 0.243 e. The molecule has 0 aromatic heterocycles. The Morgan fingerprint density at radius 1 is 1.11 bits per heavy atom. The molecule has 7 heteroatoms. The minimum Gasteiger partial charge on any atom is -0.493 e. The van der Waals surface area contributed by atoms with E-state index in [1.54, 1.807) is 22.5 Å². The van der Waals surface area contributed by atoms with Crippen molar-refractivity contribution in [3.8, 4) is 17.2 Å². The zero-order chi connectivity index (χ0) is 18.9. The second kappa shape index (κ2) is 7.40. The van der Waals surface area contributed by atoms with E-state index in [1.165, 1.54) is 5.56 Å². The highest BCUT2D eigenvalue weighted by atomic mass is 32.2. The van der Waals surface area contributed by atoms with E-state index in [9.17, 15) is 8.42 Å². The van der Waals surface area contributed by atoms with Crippen molar-refractivity contribution < 1.29 is 22.6 Å². The fraction of sp³-hybridized carbons (Fsp3) is 0.400. The molecule has 0 saturated carbocycles. The lowest BCUT2D eigenvalue weighted by atomic mass is 10.0. The Morgan fingerprint density at radius 2 is 1.89 bits per heavy atom. The zero-order valence-electron chi connectivity index (χ0n) is 15.3. The van der Waals surface area contributed by atoms with Crippen LogP contribution < -0.4 is 14.2 Å². The number of nitrogens with zero attached hydrogens (tertiary/aromatic N) is 1. The lowest BCUT2D eigenvalue weighted by molar-refractivity contribution is 0.173.